The van der Waals surface area contributed by atoms with E-state index in [9.17, 15) is 30.6 Å². The molecule has 6 N–H and O–H groups in total. The van der Waals surface area contributed by atoms with E-state index in [1.807, 2.05) is 0 Å². The van der Waals surface area contributed by atoms with Crippen LogP contribution in [0.1, 0.15) is 23.3 Å². The molecule has 3 aliphatic heterocycles. The maximum atomic E-state index is 11.7. The van der Waals surface area contributed by atoms with Gasteiger partial charge in [0.1, 0.15) is 36.1 Å². The van der Waals surface area contributed by atoms with Crippen molar-refractivity contribution in [3.8, 4) is 23.0 Å². The van der Waals surface area contributed by atoms with Gasteiger partial charge in [-0.05, 0) is 35.4 Å². The zero-order valence-corrected chi connectivity index (χ0v) is 20.8. The molecule has 0 spiro atoms. The predicted octanol–water partition coefficient (Wildman–Crippen LogP) is -0.222. The van der Waals surface area contributed by atoms with Crippen molar-refractivity contribution in [2.75, 3.05) is 34.0 Å². The number of aliphatic hydroxyl groups is 5. The van der Waals surface area contributed by atoms with Crippen molar-refractivity contribution in [3.63, 3.8) is 0 Å². The summed E-state index contributed by atoms with van der Waals surface area (Å²) in [5.41, 5.74) is -0.00769. The van der Waals surface area contributed by atoms with Crippen LogP contribution in [0.2, 0.25) is 0 Å². The van der Waals surface area contributed by atoms with Gasteiger partial charge in [0.25, 0.3) is 0 Å². The molecule has 12 heteroatoms. The monoisotopic (exact) mass is 536 g/mol. The van der Waals surface area contributed by atoms with Crippen LogP contribution in [0.4, 0.5) is 0 Å². The maximum Gasteiger partial charge on any atom is 0.229 e. The van der Waals surface area contributed by atoms with E-state index in [0.29, 0.717) is 11.3 Å². The van der Waals surface area contributed by atoms with E-state index >= 15 is 0 Å². The Labute approximate surface area is 218 Å². The zero-order valence-electron chi connectivity index (χ0n) is 20.8. The molecule has 12 nitrogen and oxygen atoms in total. The SMILES string of the molecule is COc1cc([C@@H]2OC[C@]3(O)[C@@H](c4ccc(O[C@H]5O[C@H](CO)[C@@H](O)[C@H](O)[C@H]5O)c(OC)c4)OC[C@@H]23)ccc1O. The van der Waals surface area contributed by atoms with Crippen LogP contribution in [-0.4, -0.2) is 101 Å². The van der Waals surface area contributed by atoms with Gasteiger partial charge in [-0.25, -0.2) is 0 Å². The number of rotatable bonds is 7. The van der Waals surface area contributed by atoms with Gasteiger partial charge in [-0.15, -0.1) is 0 Å². The fourth-order valence-electron chi connectivity index (χ4n) is 5.37. The predicted molar refractivity (Wildman–Crippen MR) is 128 cm³/mol. The normalized spacial score (nSPS) is 36.6. The lowest BCUT2D eigenvalue weighted by molar-refractivity contribution is -0.277. The van der Waals surface area contributed by atoms with E-state index in [1.54, 1.807) is 30.3 Å². The van der Waals surface area contributed by atoms with Crippen LogP contribution < -0.4 is 14.2 Å². The third-order valence-electron chi connectivity index (χ3n) is 7.51. The molecule has 0 unspecified atom stereocenters. The number of hydrogen-bond acceptors (Lipinski definition) is 12. The van der Waals surface area contributed by atoms with E-state index in [1.165, 1.54) is 20.3 Å². The molecular formula is C26H32O12. The molecule has 0 saturated carbocycles. The van der Waals surface area contributed by atoms with E-state index in [0.717, 1.165) is 5.56 Å². The summed E-state index contributed by atoms with van der Waals surface area (Å²) in [6, 6.07) is 9.75. The largest absolute Gasteiger partial charge is 0.504 e. The number of benzene rings is 2. The van der Waals surface area contributed by atoms with Crippen molar-refractivity contribution in [2.24, 2.45) is 5.92 Å². The summed E-state index contributed by atoms with van der Waals surface area (Å²) >= 11 is 0. The van der Waals surface area contributed by atoms with Crippen molar-refractivity contribution >= 4 is 0 Å². The van der Waals surface area contributed by atoms with Crippen LogP contribution in [0.3, 0.4) is 0 Å². The molecule has 3 aliphatic rings. The fourth-order valence-corrected chi connectivity index (χ4v) is 5.37. The first-order chi connectivity index (χ1) is 18.2. The van der Waals surface area contributed by atoms with Gasteiger partial charge >= 0.3 is 0 Å². The van der Waals surface area contributed by atoms with Crippen LogP contribution in [0.25, 0.3) is 0 Å². The first-order valence-corrected chi connectivity index (χ1v) is 12.2. The van der Waals surface area contributed by atoms with Crippen LogP contribution >= 0.6 is 0 Å². The van der Waals surface area contributed by atoms with E-state index in [4.69, 9.17) is 28.4 Å². The molecule has 208 valence electrons. The summed E-state index contributed by atoms with van der Waals surface area (Å²) < 4.78 is 33.9. The Balaban J connectivity index is 1.36. The number of fused-ring (bicyclic) bond motifs is 1. The highest BCUT2D eigenvalue weighted by Crippen LogP contribution is 2.54. The van der Waals surface area contributed by atoms with Crippen molar-refractivity contribution < 1.29 is 59.1 Å². The smallest absolute Gasteiger partial charge is 0.229 e. The highest BCUT2D eigenvalue weighted by molar-refractivity contribution is 5.46. The summed E-state index contributed by atoms with van der Waals surface area (Å²) in [5.74, 6) is 0.324. The van der Waals surface area contributed by atoms with E-state index < -0.39 is 61.0 Å². The Bertz CT molecular complexity index is 1140. The highest BCUT2D eigenvalue weighted by atomic mass is 16.7. The minimum atomic E-state index is -1.59. The minimum absolute atomic E-state index is 0.00294. The van der Waals surface area contributed by atoms with Crippen molar-refractivity contribution in [1.29, 1.82) is 0 Å². The molecule has 2 aromatic rings. The molecular weight excluding hydrogens is 504 g/mol. The van der Waals surface area contributed by atoms with Crippen molar-refractivity contribution in [1.82, 2.24) is 0 Å². The standard InChI is InChI=1S/C26H32O12/c1-33-17-7-12(3-5-15(17)28)23-14-10-35-24(26(14,32)11-36-23)13-4-6-16(18(8-13)34-2)37-25-22(31)21(30)20(29)19(9-27)38-25/h3-8,14,19-25,27-32H,9-11H2,1-2H3/t14-,19+,20+,21-,22+,23-,24+,25-,26+/m0/s1. The molecule has 0 aromatic heterocycles. The lowest BCUT2D eigenvalue weighted by Crippen LogP contribution is -2.60. The summed E-state index contributed by atoms with van der Waals surface area (Å²) in [5, 5.41) is 61.3. The molecule has 0 radical (unpaired) electrons. The highest BCUT2D eigenvalue weighted by Gasteiger charge is 2.59. The number of hydrogen-bond donors (Lipinski definition) is 6. The summed E-state index contributed by atoms with van der Waals surface area (Å²) in [4.78, 5) is 0. The third-order valence-corrected chi connectivity index (χ3v) is 7.51. The fraction of sp³-hybridized carbons (Fsp3) is 0.538. The van der Waals surface area contributed by atoms with E-state index in [-0.39, 0.29) is 30.5 Å². The number of ether oxygens (including phenoxy) is 6. The lowest BCUT2D eigenvalue weighted by atomic mass is 9.81. The number of phenolic OH excluding ortho intramolecular Hbond substituents is 1. The third kappa shape index (κ3) is 4.46. The van der Waals surface area contributed by atoms with Gasteiger partial charge in [0.15, 0.2) is 23.0 Å². The zero-order chi connectivity index (χ0) is 27.2. The number of aromatic hydroxyl groups is 1. The van der Waals surface area contributed by atoms with Gasteiger partial charge in [0.05, 0.1) is 40.1 Å². The molecule has 3 saturated heterocycles. The Kier molecular flexibility index (Phi) is 7.42. The molecule has 3 heterocycles. The topological polar surface area (TPSA) is 177 Å². The van der Waals surface area contributed by atoms with Gasteiger partial charge < -0.3 is 59.1 Å². The average Bonchev–Trinajstić information content (AvgIpc) is 3.43. The first-order valence-electron chi connectivity index (χ1n) is 12.2. The summed E-state index contributed by atoms with van der Waals surface area (Å²) in [6.45, 7) is -0.346. The molecule has 3 fully saturated rings. The Morgan fingerprint density at radius 3 is 2.32 bits per heavy atom. The van der Waals surface area contributed by atoms with Gasteiger partial charge in [0, 0.05) is 5.92 Å². The lowest BCUT2D eigenvalue weighted by Gasteiger charge is -2.39. The number of phenols is 1. The molecule has 9 atom stereocenters. The summed E-state index contributed by atoms with van der Waals surface area (Å²) in [7, 11) is 2.87. The maximum absolute atomic E-state index is 11.7. The summed E-state index contributed by atoms with van der Waals surface area (Å²) in [6.07, 6.45) is -8.39. The molecule has 0 bridgehead atoms. The molecule has 38 heavy (non-hydrogen) atoms. The minimum Gasteiger partial charge on any atom is -0.504 e. The molecule has 5 rings (SSSR count). The van der Waals surface area contributed by atoms with Gasteiger partial charge in [-0.1, -0.05) is 12.1 Å². The molecule has 0 aliphatic carbocycles. The molecule has 2 aromatic carbocycles. The van der Waals surface area contributed by atoms with Crippen molar-refractivity contribution in [3.05, 3.63) is 47.5 Å². The first kappa shape index (κ1) is 26.9. The Morgan fingerprint density at radius 2 is 1.61 bits per heavy atom. The van der Waals surface area contributed by atoms with Crippen LogP contribution in [0, 0.1) is 5.92 Å². The van der Waals surface area contributed by atoms with Crippen LogP contribution in [-0.2, 0) is 14.2 Å². The second-order valence-corrected chi connectivity index (χ2v) is 9.70. The van der Waals surface area contributed by atoms with E-state index in [2.05, 4.69) is 0 Å². The van der Waals surface area contributed by atoms with Gasteiger partial charge in [-0.3, -0.25) is 0 Å². The van der Waals surface area contributed by atoms with Crippen LogP contribution in [0.15, 0.2) is 36.4 Å². The second kappa shape index (κ2) is 10.5. The van der Waals surface area contributed by atoms with Crippen LogP contribution in [0.5, 0.6) is 23.0 Å². The van der Waals surface area contributed by atoms with Gasteiger partial charge in [-0.2, -0.15) is 0 Å². The number of aliphatic hydroxyl groups excluding tert-OH is 4. The quantitative estimate of drug-likeness (QED) is 0.275. The second-order valence-electron chi connectivity index (χ2n) is 9.70. The average molecular weight is 537 g/mol. The molecule has 0 amide bonds. The van der Waals surface area contributed by atoms with Gasteiger partial charge in [0.2, 0.25) is 6.29 Å². The van der Waals surface area contributed by atoms with Crippen molar-refractivity contribution in [2.45, 2.75) is 48.5 Å². The Morgan fingerprint density at radius 1 is 0.895 bits per heavy atom. The Hall–Kier alpha value is -2.68. The number of methoxy groups -OCH3 is 2.